The molecule has 0 radical (unpaired) electrons. The number of nitrogens with one attached hydrogen (secondary N) is 2. The monoisotopic (exact) mass is 1040 g/mol. The molecule has 426 valence electrons. The lowest BCUT2D eigenvalue weighted by molar-refractivity contribution is 0.493. The molecule has 2 N–H and O–H groups in total. The van der Waals surface area contributed by atoms with Crippen LogP contribution >= 0.6 is 0 Å². The van der Waals surface area contributed by atoms with Crippen molar-refractivity contribution < 1.29 is 0 Å². The number of rotatable bonds is 44. The Labute approximate surface area is 469 Å². The molecule has 5 rings (SSSR count). The van der Waals surface area contributed by atoms with Gasteiger partial charge in [0.25, 0.3) is 0 Å². The number of hydrogen-bond donors (Lipinski definition) is 2. The summed E-state index contributed by atoms with van der Waals surface area (Å²) in [6.45, 7) is 18.9. The Morgan fingerprint density at radius 1 is 0.250 bits per heavy atom. The van der Waals surface area contributed by atoms with Crippen LogP contribution in [0.1, 0.15) is 381 Å². The molecular weight excluding hydrogens is 921 g/mol. The van der Waals surface area contributed by atoms with Crippen LogP contribution in [0.4, 0.5) is 0 Å². The average Bonchev–Trinajstić information content (AvgIpc) is 4.29. The average molecular weight is 1040 g/mol. The van der Waals surface area contributed by atoms with Crippen LogP contribution in [0.15, 0.2) is 24.3 Å². The van der Waals surface area contributed by atoms with Crippen molar-refractivity contribution >= 4 is 46.4 Å². The van der Waals surface area contributed by atoms with Crippen LogP contribution in [0.3, 0.4) is 0 Å². The van der Waals surface area contributed by atoms with E-state index in [9.17, 15) is 0 Å². The third kappa shape index (κ3) is 20.7. The number of H-pyrrole nitrogens is 2. The highest BCUT2D eigenvalue weighted by molar-refractivity contribution is 5.84. The van der Waals surface area contributed by atoms with Crippen molar-refractivity contribution in [1.29, 1.82) is 0 Å². The first-order chi connectivity index (χ1) is 37.5. The lowest BCUT2D eigenvalue weighted by Gasteiger charge is -2.21. The zero-order valence-corrected chi connectivity index (χ0v) is 51.1. The highest BCUT2D eigenvalue weighted by Crippen LogP contribution is 2.42. The summed E-state index contributed by atoms with van der Waals surface area (Å²) in [5, 5.41) is 0. The minimum Gasteiger partial charge on any atom is -0.355 e. The molecule has 0 saturated heterocycles. The first-order valence-electron chi connectivity index (χ1n) is 33.6. The summed E-state index contributed by atoms with van der Waals surface area (Å²) >= 11 is 0. The molecule has 5 heterocycles. The Kier molecular flexibility index (Phi) is 31.9. The maximum Gasteiger partial charge on any atom is 0.0694 e. The van der Waals surface area contributed by atoms with Gasteiger partial charge in [-0.2, -0.15) is 0 Å². The van der Waals surface area contributed by atoms with Crippen molar-refractivity contribution in [3.8, 4) is 0 Å². The number of fused-ring (bicyclic) bond motifs is 8. The van der Waals surface area contributed by atoms with E-state index in [1.165, 1.54) is 324 Å². The van der Waals surface area contributed by atoms with E-state index in [-0.39, 0.29) is 0 Å². The Hall–Kier alpha value is -3.40. The largest absolute Gasteiger partial charge is 0.355 e. The van der Waals surface area contributed by atoms with E-state index in [0.29, 0.717) is 23.7 Å². The Morgan fingerprint density at radius 2 is 0.447 bits per heavy atom. The number of hydrogen-bond acceptors (Lipinski definition) is 2. The van der Waals surface area contributed by atoms with Gasteiger partial charge in [-0.05, 0) is 124 Å². The maximum atomic E-state index is 5.99. The predicted molar refractivity (Wildman–Crippen MR) is 340 cm³/mol. The molecule has 0 aliphatic carbocycles. The molecule has 0 atom stereocenters. The smallest absolute Gasteiger partial charge is 0.0694 e. The predicted octanol–water partition coefficient (Wildman–Crippen LogP) is 24.8. The van der Waals surface area contributed by atoms with Crippen molar-refractivity contribution in [1.82, 2.24) is 19.9 Å². The second-order valence-electron chi connectivity index (χ2n) is 24.2. The molecule has 3 aromatic heterocycles. The summed E-state index contributed by atoms with van der Waals surface area (Å²) in [4.78, 5) is 20.6. The molecular formula is C72H118N4. The van der Waals surface area contributed by atoms with Gasteiger partial charge in [0.15, 0.2) is 0 Å². The molecule has 3 aromatic rings. The summed E-state index contributed by atoms with van der Waals surface area (Å²) in [6.07, 6.45) is 61.1. The van der Waals surface area contributed by atoms with E-state index in [1.807, 2.05) is 0 Å². The molecule has 0 spiro atoms. The van der Waals surface area contributed by atoms with Gasteiger partial charge in [-0.3, -0.25) is 0 Å². The van der Waals surface area contributed by atoms with Crippen molar-refractivity contribution in [3.05, 3.63) is 69.3 Å². The Balaban J connectivity index is 1.95. The van der Waals surface area contributed by atoms with Gasteiger partial charge < -0.3 is 9.97 Å². The third-order valence-electron chi connectivity index (χ3n) is 17.8. The van der Waals surface area contributed by atoms with Crippen molar-refractivity contribution in [2.45, 2.75) is 336 Å². The summed E-state index contributed by atoms with van der Waals surface area (Å²) in [7, 11) is 0. The number of aromatic nitrogens is 4. The maximum absolute atomic E-state index is 5.99. The zero-order chi connectivity index (χ0) is 54.0. The van der Waals surface area contributed by atoms with Crippen molar-refractivity contribution in [2.75, 3.05) is 0 Å². The fraction of sp³-hybridized carbons (Fsp3) is 0.722. The van der Waals surface area contributed by atoms with E-state index in [4.69, 9.17) is 9.97 Å². The number of aromatic amines is 2. The molecule has 8 bridgehead atoms. The first-order valence-corrected chi connectivity index (χ1v) is 33.6. The highest BCUT2D eigenvalue weighted by Gasteiger charge is 2.27. The van der Waals surface area contributed by atoms with Gasteiger partial charge in [0.05, 0.1) is 22.8 Å². The van der Waals surface area contributed by atoms with Crippen molar-refractivity contribution in [2.24, 2.45) is 0 Å². The van der Waals surface area contributed by atoms with Gasteiger partial charge in [0, 0.05) is 44.3 Å². The topological polar surface area (TPSA) is 57.4 Å². The van der Waals surface area contributed by atoms with Gasteiger partial charge in [0.1, 0.15) is 0 Å². The molecule has 0 fully saturated rings. The molecule has 2 aliphatic heterocycles. The van der Waals surface area contributed by atoms with E-state index in [2.05, 4.69) is 114 Å². The van der Waals surface area contributed by atoms with Crippen LogP contribution in [0.25, 0.3) is 46.4 Å². The normalized spacial score (nSPS) is 12.6. The molecule has 4 nitrogen and oxygen atoms in total. The summed E-state index contributed by atoms with van der Waals surface area (Å²) < 4.78 is 0. The standard InChI is InChI=1S/C72H118N4/c1-9-17-25-33-41-57(42-34-26-18-10-2)69-61-49-51-63(73-61)70(58(43-35-27-19-11-3)44-36-28-20-12-4)65-53-55-67(75-65)72(60(47-39-31-23-15-7)48-40-32-24-16-8)68-56-54-66(76-68)71(64-52-50-62(69)74-64)59(45-37-29-21-13-5)46-38-30-22-14-6/h49-60,73-74H,9-48H2,1-8H3. The molecule has 0 unspecified atom stereocenters. The first kappa shape index (κ1) is 63.4. The van der Waals surface area contributed by atoms with Crippen molar-refractivity contribution in [3.63, 3.8) is 0 Å². The highest BCUT2D eigenvalue weighted by atomic mass is 14.8. The molecule has 0 saturated carbocycles. The Morgan fingerprint density at radius 3 is 0.684 bits per heavy atom. The summed E-state index contributed by atoms with van der Waals surface area (Å²) in [6, 6.07) is 10.0. The second kappa shape index (κ2) is 38.2. The quantitative estimate of drug-likeness (QED) is 0.0382. The third-order valence-corrected chi connectivity index (χ3v) is 17.8. The van der Waals surface area contributed by atoms with E-state index >= 15 is 0 Å². The molecule has 76 heavy (non-hydrogen) atoms. The zero-order valence-electron chi connectivity index (χ0n) is 51.1. The summed E-state index contributed by atoms with van der Waals surface area (Å²) in [5.74, 6) is 1.82. The van der Waals surface area contributed by atoms with Gasteiger partial charge in [0.2, 0.25) is 0 Å². The van der Waals surface area contributed by atoms with E-state index < -0.39 is 0 Å². The van der Waals surface area contributed by atoms with Crippen LogP contribution in [0.2, 0.25) is 0 Å². The van der Waals surface area contributed by atoms with Crippen LogP contribution in [0, 0.1) is 0 Å². The minimum atomic E-state index is 0.431. The molecule has 0 aromatic carbocycles. The summed E-state index contributed by atoms with van der Waals surface area (Å²) in [5.41, 5.74) is 15.9. The van der Waals surface area contributed by atoms with E-state index in [1.54, 1.807) is 0 Å². The molecule has 2 aliphatic rings. The minimum absolute atomic E-state index is 0.431. The van der Waals surface area contributed by atoms with Crippen LogP contribution in [-0.2, 0) is 0 Å². The second-order valence-corrected chi connectivity index (χ2v) is 24.2. The van der Waals surface area contributed by atoms with Crippen LogP contribution < -0.4 is 0 Å². The van der Waals surface area contributed by atoms with E-state index in [0.717, 1.165) is 0 Å². The van der Waals surface area contributed by atoms with Gasteiger partial charge in [-0.25, -0.2) is 9.97 Å². The fourth-order valence-electron chi connectivity index (χ4n) is 13.3. The molecule has 0 amide bonds. The van der Waals surface area contributed by atoms with Crippen LogP contribution in [-0.4, -0.2) is 19.9 Å². The lowest BCUT2D eigenvalue weighted by atomic mass is 9.86. The lowest BCUT2D eigenvalue weighted by Crippen LogP contribution is -2.07. The van der Waals surface area contributed by atoms with Gasteiger partial charge in [-0.1, -0.05) is 261 Å². The number of unbranched alkanes of at least 4 members (excludes halogenated alkanes) is 24. The fourth-order valence-corrected chi connectivity index (χ4v) is 13.3. The number of nitrogens with zero attached hydrogens (tertiary/aromatic N) is 2. The van der Waals surface area contributed by atoms with Crippen LogP contribution in [0.5, 0.6) is 0 Å². The molecule has 4 heteroatoms. The Bertz CT molecular complexity index is 2060. The van der Waals surface area contributed by atoms with Gasteiger partial charge in [-0.15, -0.1) is 0 Å². The SMILES string of the molecule is CCCCCCC(CCCCCC)c1c2nc(c(C(CCCCCC)CCCCCC)c3ccc([nH]3)c(C(CCCCCC)CCCCCC)c3ccc([nH]3)c(C(CCCCCC)CCCCCC)c3nc1C=C3)C=C2. The van der Waals surface area contributed by atoms with Gasteiger partial charge >= 0.3 is 0 Å².